The fourth-order valence-electron chi connectivity index (χ4n) is 6.92. The first-order valence-electron chi connectivity index (χ1n) is 20.5. The Labute approximate surface area is 347 Å². The van der Waals surface area contributed by atoms with Crippen LogP contribution in [0.4, 0.5) is 10.2 Å². The van der Waals surface area contributed by atoms with Gasteiger partial charge in [0.1, 0.15) is 48.4 Å². The average molecular weight is 866 g/mol. The summed E-state index contributed by atoms with van der Waals surface area (Å²) in [6, 6.07) is 6.21. The van der Waals surface area contributed by atoms with Crippen LogP contribution in [0.2, 0.25) is 67.0 Å². The third kappa shape index (κ3) is 10.1. The van der Waals surface area contributed by atoms with Gasteiger partial charge in [-0.05, 0) is 72.8 Å². The Balaban J connectivity index is 1.19. The Bertz CT molecular complexity index is 1890. The van der Waals surface area contributed by atoms with E-state index < -0.39 is 30.8 Å². The smallest absolute Gasteiger partial charge is 0.301 e. The summed E-state index contributed by atoms with van der Waals surface area (Å²) in [7, 11) is -5.27. The summed E-state index contributed by atoms with van der Waals surface area (Å²) in [6.07, 6.45) is 0.296. The minimum Gasteiger partial charge on any atom is -0.491 e. The highest BCUT2D eigenvalue weighted by molar-refractivity contribution is 6.76. The Kier molecular flexibility index (Phi) is 13.1. The number of ether oxygens (including phenoxy) is 5. The van der Waals surface area contributed by atoms with E-state index in [1.54, 1.807) is 6.07 Å². The van der Waals surface area contributed by atoms with E-state index in [-0.39, 0.29) is 47.0 Å². The van der Waals surface area contributed by atoms with Crippen molar-refractivity contribution in [3.8, 4) is 11.8 Å². The van der Waals surface area contributed by atoms with Gasteiger partial charge < -0.3 is 37.9 Å². The van der Waals surface area contributed by atoms with Crippen LogP contribution in [0, 0.1) is 5.82 Å². The second-order valence-corrected chi connectivity index (χ2v) is 35.8. The second kappa shape index (κ2) is 16.8. The highest BCUT2D eigenvalue weighted by atomic mass is 35.5. The molecule has 318 valence electrons. The van der Waals surface area contributed by atoms with Gasteiger partial charge in [-0.1, -0.05) is 72.8 Å². The summed E-state index contributed by atoms with van der Waals surface area (Å²) in [6.45, 7) is 31.6. The summed E-state index contributed by atoms with van der Waals surface area (Å²) in [5.74, 6) is 0.627. The lowest BCUT2D eigenvalue weighted by molar-refractivity contribution is 0.00687. The molecule has 2 aliphatic heterocycles. The van der Waals surface area contributed by atoms with Gasteiger partial charge in [-0.3, -0.25) is 4.57 Å². The molecule has 2 saturated heterocycles. The number of hydrogen-bond donors (Lipinski definition) is 1. The number of nitrogens with zero attached hydrogens (tertiary/aromatic N) is 3. The number of imidazole rings is 1. The van der Waals surface area contributed by atoms with Crippen LogP contribution in [0.5, 0.6) is 11.8 Å². The first-order valence-corrected chi connectivity index (χ1v) is 30.4. The highest BCUT2D eigenvalue weighted by Crippen LogP contribution is 2.42. The molecule has 0 spiro atoms. The van der Waals surface area contributed by atoms with Crippen LogP contribution in [0.3, 0.4) is 0 Å². The fourth-order valence-corrected chi connectivity index (χ4v) is 10.2. The van der Waals surface area contributed by atoms with E-state index in [0.29, 0.717) is 85.2 Å². The van der Waals surface area contributed by atoms with Crippen LogP contribution in [-0.2, 0) is 36.2 Å². The Morgan fingerprint density at radius 1 is 0.877 bits per heavy atom. The molecule has 16 heteroatoms. The molecule has 11 nitrogen and oxygen atoms in total. The van der Waals surface area contributed by atoms with Crippen LogP contribution < -0.4 is 14.8 Å². The summed E-state index contributed by atoms with van der Waals surface area (Å²) < 4.78 is 62.0. The van der Waals surface area contributed by atoms with E-state index in [1.165, 1.54) is 6.07 Å². The van der Waals surface area contributed by atoms with Crippen molar-refractivity contribution in [1.29, 1.82) is 0 Å². The number of nitrogens with one attached hydrogen (secondary N) is 1. The molecule has 1 aromatic carbocycles. The maximum Gasteiger partial charge on any atom is 0.301 e. The molecule has 1 aliphatic carbocycles. The third-order valence-corrected chi connectivity index (χ3v) is 23.5. The highest BCUT2D eigenvalue weighted by Gasteiger charge is 2.52. The lowest BCUT2D eigenvalue weighted by atomic mass is 10.1. The maximum absolute atomic E-state index is 15.8. The quantitative estimate of drug-likeness (QED) is 0.111. The monoisotopic (exact) mass is 864 g/mol. The van der Waals surface area contributed by atoms with Gasteiger partial charge in [0.25, 0.3) is 0 Å². The number of pyridine rings is 1. The van der Waals surface area contributed by atoms with Gasteiger partial charge >= 0.3 is 6.01 Å². The van der Waals surface area contributed by atoms with Crippen molar-refractivity contribution in [3.05, 3.63) is 40.2 Å². The Morgan fingerprint density at radius 3 is 2.21 bits per heavy atom. The van der Waals surface area contributed by atoms with Gasteiger partial charge in [0.15, 0.2) is 28.4 Å². The summed E-state index contributed by atoms with van der Waals surface area (Å²) in [4.78, 5) is 9.84. The second-order valence-electron chi connectivity index (χ2n) is 20.2. The molecule has 6 rings (SSSR count). The molecule has 5 atom stereocenters. The molecule has 3 aliphatic rings. The first-order chi connectivity index (χ1) is 26.4. The molecule has 2 fully saturated rings. The number of anilines is 1. The SMILES string of the molecule is CC(C)(C)[Si](C)(C)OCCOc1cc(F)c2c(c1)CCC2Nc1nc2c(cc1Cl)nc(O[C@@H]1CO[C@@H]3C(O[Si](C)(C)C(C)(C)C)CO[C@@H]31)n2COCC[Si](C)(C)C. The van der Waals surface area contributed by atoms with Gasteiger partial charge in [-0.15, -0.1) is 0 Å². The zero-order valence-electron chi connectivity index (χ0n) is 36.4. The third-order valence-electron chi connectivity index (χ3n) is 12.5. The number of fused-ring (bicyclic) bond motifs is 3. The molecule has 57 heavy (non-hydrogen) atoms. The lowest BCUT2D eigenvalue weighted by Gasteiger charge is -2.39. The van der Waals surface area contributed by atoms with Crippen LogP contribution in [0.1, 0.15) is 65.1 Å². The van der Waals surface area contributed by atoms with Crippen LogP contribution in [-0.4, -0.2) is 96.7 Å². The molecule has 1 N–H and O–H groups in total. The van der Waals surface area contributed by atoms with Crippen molar-refractivity contribution in [1.82, 2.24) is 14.5 Å². The number of rotatable bonds is 16. The van der Waals surface area contributed by atoms with Crippen LogP contribution >= 0.6 is 11.6 Å². The van der Waals surface area contributed by atoms with E-state index in [4.69, 9.17) is 54.1 Å². The number of aryl methyl sites for hydroxylation is 1. The zero-order valence-corrected chi connectivity index (χ0v) is 40.2. The lowest BCUT2D eigenvalue weighted by Crippen LogP contribution is -2.47. The maximum atomic E-state index is 15.8. The molecule has 3 aromatic rings. The predicted octanol–water partition coefficient (Wildman–Crippen LogP) is 9.97. The molecule has 0 amide bonds. The minimum absolute atomic E-state index is 0.0658. The van der Waals surface area contributed by atoms with E-state index >= 15 is 4.39 Å². The van der Waals surface area contributed by atoms with Crippen molar-refractivity contribution >= 4 is 53.3 Å². The largest absolute Gasteiger partial charge is 0.491 e. The predicted molar refractivity (Wildman–Crippen MR) is 232 cm³/mol. The number of halogens is 2. The van der Waals surface area contributed by atoms with E-state index in [9.17, 15) is 0 Å². The normalized spacial score (nSPS) is 23.0. The minimum atomic E-state index is -2.04. The standard InChI is InChI=1S/C41H66ClFN4O7Si3/c1-40(2,3)56(10,11)52-17-16-49-27-20-26-14-15-30(34(26)29(43)21-27)44-37-28(42)22-31-38(46-37)47(25-48-18-19-55(7,8)9)39(45-31)53-32-23-50-36-33(24-51-35(32)36)54-57(12,13)41(4,5)6/h20-22,30,32-33,35-36H,14-19,23-25H2,1-13H3,(H,44,46)/t30?,32-,33?,35-,36-/m1/s1. The summed E-state index contributed by atoms with van der Waals surface area (Å²) in [5, 5.41) is 4.01. The zero-order chi connectivity index (χ0) is 41.7. The number of hydrogen-bond acceptors (Lipinski definition) is 10. The Morgan fingerprint density at radius 2 is 1.54 bits per heavy atom. The number of aromatic nitrogens is 3. The van der Waals surface area contributed by atoms with Crippen molar-refractivity contribution < 1.29 is 36.9 Å². The van der Waals surface area contributed by atoms with Crippen molar-refractivity contribution in [2.75, 3.05) is 38.4 Å². The molecule has 4 heterocycles. The van der Waals surface area contributed by atoms with Crippen LogP contribution in [0.15, 0.2) is 18.2 Å². The van der Waals surface area contributed by atoms with E-state index in [1.807, 2.05) is 10.6 Å². The molecular formula is C41H66ClFN4O7Si3. The molecular weight excluding hydrogens is 799 g/mol. The van der Waals surface area contributed by atoms with Gasteiger partial charge in [0.2, 0.25) is 0 Å². The van der Waals surface area contributed by atoms with Gasteiger partial charge in [-0.2, -0.15) is 4.98 Å². The molecule has 2 aromatic heterocycles. The van der Waals surface area contributed by atoms with Gasteiger partial charge in [-0.25, -0.2) is 9.37 Å². The molecule has 0 bridgehead atoms. The van der Waals surface area contributed by atoms with Gasteiger partial charge in [0, 0.05) is 26.3 Å². The molecule has 2 unspecified atom stereocenters. The molecule has 0 radical (unpaired) electrons. The van der Waals surface area contributed by atoms with Crippen molar-refractivity contribution in [3.63, 3.8) is 0 Å². The number of benzene rings is 1. The average Bonchev–Trinajstić information content (AvgIpc) is 3.85. The van der Waals surface area contributed by atoms with Crippen LogP contribution in [0.25, 0.3) is 11.2 Å². The van der Waals surface area contributed by atoms with E-state index in [2.05, 4.69) is 92.7 Å². The summed E-state index contributed by atoms with van der Waals surface area (Å²) >= 11 is 6.87. The Hall–Kier alpha value is -2.09. The fraction of sp³-hybridized carbons (Fsp3) is 0.707. The van der Waals surface area contributed by atoms with Gasteiger partial charge in [0.05, 0.1) is 37.0 Å². The molecule has 0 saturated carbocycles. The van der Waals surface area contributed by atoms with Crippen molar-refractivity contribution in [2.24, 2.45) is 0 Å². The van der Waals surface area contributed by atoms with E-state index in [0.717, 1.165) is 11.6 Å². The topological polar surface area (TPSA) is 107 Å². The summed E-state index contributed by atoms with van der Waals surface area (Å²) in [5.41, 5.74) is 2.63. The first kappa shape index (κ1) is 44.5. The van der Waals surface area contributed by atoms with Crippen molar-refractivity contribution in [2.45, 2.75) is 154 Å².